The van der Waals surface area contributed by atoms with Gasteiger partial charge in [-0.25, -0.2) is 0 Å². The highest BCUT2D eigenvalue weighted by Gasteiger charge is 2.78. The fourth-order valence-electron chi connectivity index (χ4n) is 7.75. The number of amides is 3. The highest BCUT2D eigenvalue weighted by molar-refractivity contribution is 8.02. The van der Waals surface area contributed by atoms with E-state index in [0.717, 1.165) is 17.5 Å². The molecule has 6 atom stereocenters. The van der Waals surface area contributed by atoms with Crippen molar-refractivity contribution in [1.29, 1.82) is 0 Å². The van der Waals surface area contributed by atoms with Gasteiger partial charge in [0.1, 0.15) is 6.04 Å². The van der Waals surface area contributed by atoms with Crippen molar-refractivity contribution in [2.45, 2.75) is 68.3 Å². The van der Waals surface area contributed by atoms with E-state index in [1.54, 1.807) is 38.6 Å². The van der Waals surface area contributed by atoms with Crippen molar-refractivity contribution in [2.75, 3.05) is 19.7 Å². The van der Waals surface area contributed by atoms with Gasteiger partial charge in [0.15, 0.2) is 0 Å². The summed E-state index contributed by atoms with van der Waals surface area (Å²) in [4.78, 5) is 49.4. The van der Waals surface area contributed by atoms with Gasteiger partial charge in [-0.1, -0.05) is 86.7 Å². The number of hydrogen-bond acceptors (Lipinski definition) is 5. The Morgan fingerprint density at radius 2 is 1.48 bits per heavy atom. The third-order valence-electron chi connectivity index (χ3n) is 9.78. The first-order valence-electron chi connectivity index (χ1n) is 15.6. The van der Waals surface area contributed by atoms with Crippen LogP contribution in [0.5, 0.6) is 0 Å². The zero-order valence-electron chi connectivity index (χ0n) is 26.1. The highest BCUT2D eigenvalue weighted by atomic mass is 32.2. The van der Waals surface area contributed by atoms with E-state index in [2.05, 4.69) is 20.1 Å². The summed E-state index contributed by atoms with van der Waals surface area (Å²) in [6, 6.07) is 18.3. The summed E-state index contributed by atoms with van der Waals surface area (Å²) >= 11 is 1.66. The van der Waals surface area contributed by atoms with Gasteiger partial charge in [0.05, 0.1) is 29.2 Å². The Kier molecular flexibility index (Phi) is 9.42. The number of carbonyl (C=O) groups excluding carboxylic acids is 3. The lowest BCUT2D eigenvalue weighted by atomic mass is 9.66. The lowest BCUT2D eigenvalue weighted by Crippen LogP contribution is -2.58. The molecule has 3 aliphatic rings. The van der Waals surface area contributed by atoms with Gasteiger partial charge in [-0.15, -0.1) is 24.9 Å². The molecule has 0 radical (unpaired) electrons. The van der Waals surface area contributed by atoms with E-state index >= 15 is 0 Å². The largest absolute Gasteiger partial charge is 0.394 e. The molecular formula is C36H45N3O4S. The summed E-state index contributed by atoms with van der Waals surface area (Å²) in [6.07, 6.45) is 4.83. The van der Waals surface area contributed by atoms with Crippen LogP contribution >= 0.6 is 11.8 Å². The zero-order chi connectivity index (χ0) is 31.6. The highest BCUT2D eigenvalue weighted by Crippen LogP contribution is 2.72. The number of fused-ring (bicyclic) bond motifs is 1. The van der Waals surface area contributed by atoms with Crippen LogP contribution in [0, 0.1) is 17.8 Å². The second-order valence-electron chi connectivity index (χ2n) is 13.0. The molecule has 3 saturated heterocycles. The number of carbonyl (C=O) groups is 3. The molecular weight excluding hydrogens is 570 g/mol. The Morgan fingerprint density at radius 3 is 1.95 bits per heavy atom. The Balaban J connectivity index is 1.57. The second kappa shape index (κ2) is 12.9. The molecule has 2 aromatic carbocycles. The minimum Gasteiger partial charge on any atom is -0.394 e. The number of likely N-dealkylation sites (tertiary alicyclic amines) is 1. The first-order valence-corrected chi connectivity index (χ1v) is 16.4. The monoisotopic (exact) mass is 615 g/mol. The van der Waals surface area contributed by atoms with Crippen LogP contribution in [0.15, 0.2) is 86.0 Å². The fourth-order valence-corrected chi connectivity index (χ4v) is 10.1. The standard InChI is InChI=1S/C36H45N3O4S/c1-6-20-37(22-26-14-10-8-11-15-26)32(41)29-30-33(42)39(28(24-40)25(3)4)31(36(30)19-18-35(29,5)44-36)34(43)38(21-7-2)23-27-16-12-9-13-17-27/h6-17,25,28-31,40H,1-2,18-24H2,3-5H3/t28-,29-,30-,31?,35+,36?/m0/s1. The molecule has 2 bridgehead atoms. The summed E-state index contributed by atoms with van der Waals surface area (Å²) in [7, 11) is 0. The predicted octanol–water partition coefficient (Wildman–Crippen LogP) is 4.91. The average Bonchev–Trinajstić information content (AvgIpc) is 3.58. The van der Waals surface area contributed by atoms with Crippen LogP contribution in [0.25, 0.3) is 0 Å². The number of aliphatic hydroxyl groups is 1. The molecule has 3 fully saturated rings. The molecule has 0 saturated carbocycles. The summed E-state index contributed by atoms with van der Waals surface area (Å²) in [5.74, 6) is -1.76. The molecule has 1 spiro atoms. The van der Waals surface area contributed by atoms with Crippen molar-refractivity contribution in [3.63, 3.8) is 0 Å². The topological polar surface area (TPSA) is 81.2 Å². The van der Waals surface area contributed by atoms with Crippen LogP contribution in [0.3, 0.4) is 0 Å². The smallest absolute Gasteiger partial charge is 0.247 e. The van der Waals surface area contributed by atoms with E-state index in [-0.39, 0.29) is 30.2 Å². The van der Waals surface area contributed by atoms with Gasteiger partial charge in [-0.05, 0) is 36.8 Å². The van der Waals surface area contributed by atoms with Crippen molar-refractivity contribution in [1.82, 2.24) is 14.7 Å². The molecule has 2 unspecified atom stereocenters. The van der Waals surface area contributed by atoms with E-state index in [1.165, 1.54) is 0 Å². The molecule has 5 rings (SSSR count). The van der Waals surface area contributed by atoms with Crippen LogP contribution in [0.4, 0.5) is 0 Å². The number of thioether (sulfide) groups is 1. The maximum atomic E-state index is 14.8. The molecule has 3 amide bonds. The number of nitrogens with zero attached hydrogens (tertiary/aromatic N) is 3. The van der Waals surface area contributed by atoms with Crippen molar-refractivity contribution in [2.24, 2.45) is 17.8 Å². The molecule has 0 aromatic heterocycles. The van der Waals surface area contributed by atoms with Crippen molar-refractivity contribution < 1.29 is 19.5 Å². The Bertz CT molecular complexity index is 1380. The van der Waals surface area contributed by atoms with Gasteiger partial charge in [0.25, 0.3) is 0 Å². The molecule has 44 heavy (non-hydrogen) atoms. The Labute approximate surface area is 266 Å². The van der Waals surface area contributed by atoms with Crippen molar-refractivity contribution in [3.8, 4) is 0 Å². The maximum Gasteiger partial charge on any atom is 0.247 e. The van der Waals surface area contributed by atoms with E-state index in [1.807, 2.05) is 74.5 Å². The fraction of sp³-hybridized carbons (Fsp3) is 0.472. The number of hydrogen-bond donors (Lipinski definition) is 1. The summed E-state index contributed by atoms with van der Waals surface area (Å²) in [5.41, 5.74) is 1.99. The first-order chi connectivity index (χ1) is 21.1. The van der Waals surface area contributed by atoms with E-state index in [9.17, 15) is 19.5 Å². The molecule has 2 aromatic rings. The number of aliphatic hydroxyl groups excluding tert-OH is 1. The molecule has 7 nitrogen and oxygen atoms in total. The summed E-state index contributed by atoms with van der Waals surface area (Å²) in [6.45, 7) is 15.1. The molecule has 1 N–H and O–H groups in total. The van der Waals surface area contributed by atoms with E-state index < -0.39 is 33.4 Å². The Hall–Kier alpha value is -3.36. The first kappa shape index (κ1) is 32.0. The van der Waals surface area contributed by atoms with Crippen LogP contribution < -0.4 is 0 Å². The average molecular weight is 616 g/mol. The second-order valence-corrected chi connectivity index (χ2v) is 14.8. The van der Waals surface area contributed by atoms with Gasteiger partial charge in [-0.2, -0.15) is 0 Å². The predicted molar refractivity (Wildman–Crippen MR) is 175 cm³/mol. The third-order valence-corrected chi connectivity index (χ3v) is 11.8. The van der Waals surface area contributed by atoms with E-state index in [0.29, 0.717) is 32.6 Å². The lowest BCUT2D eigenvalue weighted by molar-refractivity contribution is -0.148. The minimum atomic E-state index is -0.796. The number of rotatable bonds is 13. The SMILES string of the molecule is C=CCN(Cc1ccccc1)C(=O)C1N([C@@H](CO)C(C)C)C(=O)[C@@H]2[C@@H](C(=O)N(CC=C)Cc3ccccc3)[C@@]3(C)CCC12S3. The third kappa shape index (κ3) is 5.51. The van der Waals surface area contributed by atoms with Crippen molar-refractivity contribution in [3.05, 3.63) is 97.1 Å². The van der Waals surface area contributed by atoms with Gasteiger partial charge in [0, 0.05) is 30.9 Å². The van der Waals surface area contributed by atoms with Crippen LogP contribution in [-0.4, -0.2) is 78.8 Å². The van der Waals surface area contributed by atoms with Gasteiger partial charge in [0.2, 0.25) is 17.7 Å². The van der Waals surface area contributed by atoms with Gasteiger partial charge in [-0.3, -0.25) is 14.4 Å². The number of benzene rings is 2. The lowest BCUT2D eigenvalue weighted by Gasteiger charge is -2.40. The zero-order valence-corrected chi connectivity index (χ0v) is 26.9. The molecule has 8 heteroatoms. The van der Waals surface area contributed by atoms with Crippen LogP contribution in [0.2, 0.25) is 0 Å². The van der Waals surface area contributed by atoms with E-state index in [4.69, 9.17) is 0 Å². The summed E-state index contributed by atoms with van der Waals surface area (Å²) in [5, 5.41) is 10.6. The van der Waals surface area contributed by atoms with Gasteiger partial charge < -0.3 is 19.8 Å². The normalized spacial score (nSPS) is 27.7. The molecule has 234 valence electrons. The molecule has 3 heterocycles. The summed E-state index contributed by atoms with van der Waals surface area (Å²) < 4.78 is -1.26. The van der Waals surface area contributed by atoms with Gasteiger partial charge >= 0.3 is 0 Å². The van der Waals surface area contributed by atoms with Crippen molar-refractivity contribution >= 4 is 29.5 Å². The van der Waals surface area contributed by atoms with Crippen LogP contribution in [0.1, 0.15) is 44.7 Å². The molecule has 0 aliphatic carbocycles. The quantitative estimate of drug-likeness (QED) is 0.324. The van der Waals surface area contributed by atoms with Crippen LogP contribution in [-0.2, 0) is 27.5 Å². The maximum absolute atomic E-state index is 14.8. The Morgan fingerprint density at radius 1 is 0.955 bits per heavy atom. The molecule has 3 aliphatic heterocycles. The minimum absolute atomic E-state index is 0.0749.